The highest BCUT2D eigenvalue weighted by Crippen LogP contribution is 2.38. The molecule has 0 aliphatic carbocycles. The number of hydrogen-bond donors (Lipinski definition) is 2. The molecule has 0 aliphatic heterocycles. The van der Waals surface area contributed by atoms with E-state index in [4.69, 9.17) is 39.9 Å². The summed E-state index contributed by atoms with van der Waals surface area (Å²) in [5.74, 6) is -1.06. The van der Waals surface area contributed by atoms with Crippen LogP contribution in [0.2, 0.25) is 15.1 Å². The SMILES string of the molecule is O=C(O)Cc1cc(=O)[nH]cc1-c1c(Cl)cc(Cl)cc1Cl. The Morgan fingerprint density at radius 2 is 1.75 bits per heavy atom. The van der Waals surface area contributed by atoms with Crippen LogP contribution in [-0.2, 0) is 11.2 Å². The van der Waals surface area contributed by atoms with Crippen molar-refractivity contribution in [2.24, 2.45) is 0 Å². The standard InChI is InChI=1S/C13H8Cl3NO3/c14-7-3-9(15)13(10(16)4-7)8-5-17-11(18)1-6(8)2-12(19)20/h1,3-5H,2H2,(H,17,18)(H,19,20). The molecule has 0 atom stereocenters. The van der Waals surface area contributed by atoms with Gasteiger partial charge in [-0.05, 0) is 17.7 Å². The average Bonchev–Trinajstić information content (AvgIpc) is 2.29. The van der Waals surface area contributed by atoms with Crippen molar-refractivity contribution in [2.75, 3.05) is 0 Å². The molecule has 2 aromatic rings. The molecule has 2 rings (SSSR count). The summed E-state index contributed by atoms with van der Waals surface area (Å²) in [7, 11) is 0. The highest BCUT2D eigenvalue weighted by molar-refractivity contribution is 6.41. The summed E-state index contributed by atoms with van der Waals surface area (Å²) >= 11 is 18.1. The molecule has 1 heterocycles. The van der Waals surface area contributed by atoms with Crippen molar-refractivity contribution in [3.63, 3.8) is 0 Å². The Morgan fingerprint density at radius 3 is 2.30 bits per heavy atom. The van der Waals surface area contributed by atoms with Gasteiger partial charge in [-0.3, -0.25) is 9.59 Å². The van der Waals surface area contributed by atoms with E-state index in [1.807, 2.05) is 0 Å². The lowest BCUT2D eigenvalue weighted by Crippen LogP contribution is -2.10. The van der Waals surface area contributed by atoms with E-state index in [1.165, 1.54) is 24.4 Å². The normalized spacial score (nSPS) is 10.6. The molecule has 1 aromatic carbocycles. The molecule has 0 unspecified atom stereocenters. The fraction of sp³-hybridized carbons (Fsp3) is 0.0769. The molecule has 0 saturated carbocycles. The first-order chi connectivity index (χ1) is 9.38. The highest BCUT2D eigenvalue weighted by Gasteiger charge is 2.16. The Bertz CT molecular complexity index is 717. The minimum Gasteiger partial charge on any atom is -0.481 e. The Kier molecular flexibility index (Phi) is 4.38. The van der Waals surface area contributed by atoms with E-state index in [9.17, 15) is 9.59 Å². The third kappa shape index (κ3) is 3.15. The monoisotopic (exact) mass is 331 g/mol. The van der Waals surface area contributed by atoms with Crippen LogP contribution in [0, 0.1) is 0 Å². The molecule has 0 saturated heterocycles. The third-order valence-electron chi connectivity index (χ3n) is 2.63. The third-order valence-corrected chi connectivity index (χ3v) is 3.44. The topological polar surface area (TPSA) is 70.2 Å². The average molecular weight is 333 g/mol. The summed E-state index contributed by atoms with van der Waals surface area (Å²) < 4.78 is 0. The van der Waals surface area contributed by atoms with Gasteiger partial charge in [-0.15, -0.1) is 0 Å². The number of carboxylic acids is 1. The lowest BCUT2D eigenvalue weighted by molar-refractivity contribution is -0.136. The number of halogens is 3. The summed E-state index contributed by atoms with van der Waals surface area (Å²) in [6.07, 6.45) is 1.08. The molecule has 4 nitrogen and oxygen atoms in total. The van der Waals surface area contributed by atoms with Crippen LogP contribution < -0.4 is 5.56 Å². The molecule has 0 radical (unpaired) electrons. The first kappa shape index (κ1) is 14.9. The molecule has 0 amide bonds. The maximum atomic E-state index is 11.3. The fourth-order valence-corrected chi connectivity index (χ4v) is 2.88. The van der Waals surface area contributed by atoms with Gasteiger partial charge in [0.05, 0.1) is 16.5 Å². The second-order valence-corrected chi connectivity index (χ2v) is 5.30. The van der Waals surface area contributed by atoms with Gasteiger partial charge >= 0.3 is 5.97 Å². The molecule has 0 spiro atoms. The predicted molar refractivity (Wildman–Crippen MR) is 78.9 cm³/mol. The largest absolute Gasteiger partial charge is 0.481 e. The number of H-pyrrole nitrogens is 1. The summed E-state index contributed by atoms with van der Waals surface area (Å²) in [6.45, 7) is 0. The number of carboxylic acid groups (broad SMARTS) is 1. The van der Waals surface area contributed by atoms with Gasteiger partial charge in [-0.25, -0.2) is 0 Å². The molecule has 1 aromatic heterocycles. The predicted octanol–water partition coefficient (Wildman–Crippen LogP) is 3.63. The van der Waals surface area contributed by atoms with Gasteiger partial charge in [0.15, 0.2) is 0 Å². The van der Waals surface area contributed by atoms with Gasteiger partial charge in [-0.2, -0.15) is 0 Å². The van der Waals surface area contributed by atoms with Crippen LogP contribution in [-0.4, -0.2) is 16.1 Å². The number of aromatic nitrogens is 1. The van der Waals surface area contributed by atoms with E-state index in [1.54, 1.807) is 0 Å². The zero-order valence-electron chi connectivity index (χ0n) is 9.91. The van der Waals surface area contributed by atoms with E-state index in [0.717, 1.165) is 0 Å². The van der Waals surface area contributed by atoms with Gasteiger partial charge < -0.3 is 10.1 Å². The van der Waals surface area contributed by atoms with E-state index in [-0.39, 0.29) is 16.5 Å². The lowest BCUT2D eigenvalue weighted by Gasteiger charge is -2.11. The van der Waals surface area contributed by atoms with Crippen LogP contribution >= 0.6 is 34.8 Å². The van der Waals surface area contributed by atoms with Crippen molar-refractivity contribution in [1.82, 2.24) is 4.98 Å². The minimum absolute atomic E-state index is 0.279. The van der Waals surface area contributed by atoms with Gasteiger partial charge in [0, 0.05) is 28.4 Å². The zero-order chi connectivity index (χ0) is 14.9. The first-order valence-corrected chi connectivity index (χ1v) is 6.60. The molecule has 20 heavy (non-hydrogen) atoms. The molecule has 0 fully saturated rings. The molecular weight excluding hydrogens is 325 g/mol. The second-order valence-electron chi connectivity index (χ2n) is 4.05. The quantitative estimate of drug-likeness (QED) is 0.901. The molecule has 0 bridgehead atoms. The molecule has 2 N–H and O–H groups in total. The van der Waals surface area contributed by atoms with Crippen molar-refractivity contribution in [3.8, 4) is 11.1 Å². The van der Waals surface area contributed by atoms with Crippen molar-refractivity contribution >= 4 is 40.8 Å². The lowest BCUT2D eigenvalue weighted by atomic mass is 10.00. The number of nitrogens with one attached hydrogen (secondary N) is 1. The van der Waals surface area contributed by atoms with E-state index < -0.39 is 11.5 Å². The number of rotatable bonds is 3. The van der Waals surface area contributed by atoms with E-state index in [2.05, 4.69) is 4.98 Å². The number of benzene rings is 1. The van der Waals surface area contributed by atoms with Crippen LogP contribution in [0.25, 0.3) is 11.1 Å². The highest BCUT2D eigenvalue weighted by atomic mass is 35.5. The van der Waals surface area contributed by atoms with Gasteiger partial charge in [-0.1, -0.05) is 34.8 Å². The van der Waals surface area contributed by atoms with Crippen molar-refractivity contribution in [1.29, 1.82) is 0 Å². The smallest absolute Gasteiger partial charge is 0.307 e. The second kappa shape index (κ2) is 5.87. The Labute approximate surface area is 128 Å². The van der Waals surface area contributed by atoms with Crippen LogP contribution in [0.4, 0.5) is 0 Å². The van der Waals surface area contributed by atoms with Crippen molar-refractivity contribution in [2.45, 2.75) is 6.42 Å². The zero-order valence-corrected chi connectivity index (χ0v) is 12.2. The number of pyridine rings is 1. The van der Waals surface area contributed by atoms with Gasteiger partial charge in [0.1, 0.15) is 0 Å². The van der Waals surface area contributed by atoms with Crippen molar-refractivity contribution in [3.05, 3.63) is 55.4 Å². The molecule has 7 heteroatoms. The van der Waals surface area contributed by atoms with Gasteiger partial charge in [0.2, 0.25) is 5.56 Å². The Hall–Kier alpha value is -1.49. The summed E-state index contributed by atoms with van der Waals surface area (Å²) in [5.41, 5.74) is 0.822. The Balaban J connectivity index is 2.69. The number of carbonyl (C=O) groups is 1. The summed E-state index contributed by atoms with van der Waals surface area (Å²) in [6, 6.07) is 4.21. The maximum Gasteiger partial charge on any atom is 0.307 e. The number of aliphatic carboxylic acids is 1. The van der Waals surface area contributed by atoms with Crippen LogP contribution in [0.15, 0.2) is 29.2 Å². The van der Waals surface area contributed by atoms with Crippen molar-refractivity contribution < 1.29 is 9.90 Å². The molecular formula is C13H8Cl3NO3. The Morgan fingerprint density at radius 1 is 1.15 bits per heavy atom. The van der Waals surface area contributed by atoms with E-state index in [0.29, 0.717) is 21.7 Å². The van der Waals surface area contributed by atoms with Crippen LogP contribution in [0.5, 0.6) is 0 Å². The van der Waals surface area contributed by atoms with Crippen LogP contribution in [0.1, 0.15) is 5.56 Å². The fourth-order valence-electron chi connectivity index (χ4n) is 1.86. The minimum atomic E-state index is -1.06. The molecule has 0 aliphatic rings. The van der Waals surface area contributed by atoms with Crippen LogP contribution in [0.3, 0.4) is 0 Å². The van der Waals surface area contributed by atoms with E-state index >= 15 is 0 Å². The maximum absolute atomic E-state index is 11.3. The summed E-state index contributed by atoms with van der Waals surface area (Å²) in [5, 5.41) is 9.84. The first-order valence-electron chi connectivity index (χ1n) is 5.47. The summed E-state index contributed by atoms with van der Waals surface area (Å²) in [4.78, 5) is 24.7. The van der Waals surface area contributed by atoms with Gasteiger partial charge in [0.25, 0.3) is 0 Å². The number of hydrogen-bond acceptors (Lipinski definition) is 2. The molecule has 104 valence electrons. The number of aromatic amines is 1.